The van der Waals surface area contributed by atoms with E-state index in [-0.39, 0.29) is 12.5 Å². The third-order valence-corrected chi connectivity index (χ3v) is 6.43. The van der Waals surface area contributed by atoms with Crippen molar-refractivity contribution in [2.24, 2.45) is 4.99 Å². The van der Waals surface area contributed by atoms with Crippen LogP contribution in [-0.2, 0) is 25.5 Å². The van der Waals surface area contributed by atoms with Crippen molar-refractivity contribution in [2.75, 3.05) is 52.4 Å². The number of aliphatic imine (C=N–C) groups is 1. The van der Waals surface area contributed by atoms with Gasteiger partial charge in [0.15, 0.2) is 0 Å². The molecule has 1 aliphatic rings. The first-order valence-corrected chi connectivity index (χ1v) is 13.1. The molecule has 0 radical (unpaired) electrons. The molecule has 3 aromatic rings. The van der Waals surface area contributed by atoms with E-state index in [1.54, 1.807) is 32.2 Å². The average Bonchev–Trinajstić information content (AvgIpc) is 3.27. The van der Waals surface area contributed by atoms with E-state index in [1.807, 2.05) is 42.5 Å². The molecule has 0 fully saturated rings. The van der Waals surface area contributed by atoms with Crippen molar-refractivity contribution in [1.82, 2.24) is 4.90 Å². The minimum Gasteiger partial charge on any atom is -0.462 e. The molecule has 0 bridgehead atoms. The number of anilines is 1. The van der Waals surface area contributed by atoms with Crippen molar-refractivity contribution >= 4 is 29.0 Å². The highest BCUT2D eigenvalue weighted by molar-refractivity contribution is 6.24. The van der Waals surface area contributed by atoms with E-state index in [9.17, 15) is 9.59 Å². The van der Waals surface area contributed by atoms with Crippen LogP contribution >= 0.6 is 0 Å². The van der Waals surface area contributed by atoms with Crippen LogP contribution in [0, 0.1) is 0 Å². The van der Waals surface area contributed by atoms with Crippen molar-refractivity contribution in [1.29, 1.82) is 0 Å². The van der Waals surface area contributed by atoms with Gasteiger partial charge < -0.3 is 19.5 Å². The molecule has 0 spiro atoms. The van der Waals surface area contributed by atoms with E-state index >= 15 is 0 Å². The number of esters is 1. The van der Waals surface area contributed by atoms with Crippen molar-refractivity contribution in [3.05, 3.63) is 95.1 Å². The normalized spacial score (nSPS) is 14.8. The van der Waals surface area contributed by atoms with Gasteiger partial charge in [-0.15, -0.1) is 0 Å². The second-order valence-electron chi connectivity index (χ2n) is 9.32. The van der Waals surface area contributed by atoms with E-state index in [2.05, 4.69) is 29.4 Å². The molecular weight excluding hydrogens is 494 g/mol. The summed E-state index contributed by atoms with van der Waals surface area (Å²) in [6.45, 7) is 5.48. The number of hydrogen-bond donors (Lipinski definition) is 1. The summed E-state index contributed by atoms with van der Waals surface area (Å²) in [5, 5.41) is 2.93. The molecule has 8 nitrogen and oxygen atoms in total. The summed E-state index contributed by atoms with van der Waals surface area (Å²) in [6, 6.07) is 22.9. The lowest BCUT2D eigenvalue weighted by atomic mass is 9.90. The summed E-state index contributed by atoms with van der Waals surface area (Å²) >= 11 is 0. The summed E-state index contributed by atoms with van der Waals surface area (Å²) in [4.78, 5) is 32.6. The Morgan fingerprint density at radius 1 is 0.974 bits per heavy atom. The van der Waals surface area contributed by atoms with Gasteiger partial charge in [-0.05, 0) is 54.9 Å². The molecule has 1 aliphatic heterocycles. The Morgan fingerprint density at radius 3 is 2.46 bits per heavy atom. The van der Waals surface area contributed by atoms with Gasteiger partial charge in [-0.2, -0.15) is 0 Å². The van der Waals surface area contributed by atoms with Crippen molar-refractivity contribution in [3.8, 4) is 0 Å². The zero-order valence-corrected chi connectivity index (χ0v) is 22.7. The maximum atomic E-state index is 13.2. The highest BCUT2D eigenvalue weighted by Crippen LogP contribution is 2.37. The lowest BCUT2D eigenvalue weighted by Gasteiger charge is -2.17. The molecule has 39 heavy (non-hydrogen) atoms. The van der Waals surface area contributed by atoms with Crippen LogP contribution in [0.3, 0.4) is 0 Å². The lowest BCUT2D eigenvalue weighted by molar-refractivity contribution is -0.115. The molecule has 1 N–H and O–H groups in total. The van der Waals surface area contributed by atoms with Gasteiger partial charge in [0.25, 0.3) is 0 Å². The second kappa shape index (κ2) is 13.8. The number of benzene rings is 3. The SMILES string of the molecule is CCOC(=O)c1ccc2c(c1)NC(=O)C2C(=Nc1ccc(CN(C)CCOCCOC)cc1)c1ccccc1. The first-order chi connectivity index (χ1) is 19.0. The minimum absolute atomic E-state index is 0.181. The monoisotopic (exact) mass is 529 g/mol. The van der Waals surface area contributed by atoms with Crippen LogP contribution in [0.25, 0.3) is 0 Å². The van der Waals surface area contributed by atoms with E-state index in [4.69, 9.17) is 19.2 Å². The third kappa shape index (κ3) is 7.38. The standard InChI is InChI=1S/C31H35N3O5/c1-4-39-31(36)24-12-15-26-27(20-24)33-30(35)28(26)29(23-8-6-5-7-9-23)32-25-13-10-22(11-14-25)21-34(2)16-17-38-19-18-37-3/h5-15,20,28H,4,16-19,21H2,1-3H3,(H,33,35). The van der Waals surface area contributed by atoms with Crippen LogP contribution in [0.15, 0.2) is 77.8 Å². The van der Waals surface area contributed by atoms with Gasteiger partial charge in [-0.1, -0.05) is 48.5 Å². The summed E-state index contributed by atoms with van der Waals surface area (Å²) < 4.78 is 15.7. The van der Waals surface area contributed by atoms with Gasteiger partial charge in [0, 0.05) is 25.9 Å². The largest absolute Gasteiger partial charge is 0.462 e. The van der Waals surface area contributed by atoms with Crippen LogP contribution in [0.4, 0.5) is 11.4 Å². The molecule has 3 aromatic carbocycles. The van der Waals surface area contributed by atoms with E-state index in [1.165, 1.54) is 0 Å². The Labute approximate surface area is 229 Å². The molecule has 0 saturated heterocycles. The summed E-state index contributed by atoms with van der Waals surface area (Å²) in [6.07, 6.45) is 0. The number of nitrogens with zero attached hydrogens (tertiary/aromatic N) is 2. The maximum absolute atomic E-state index is 13.2. The second-order valence-corrected chi connectivity index (χ2v) is 9.32. The minimum atomic E-state index is -0.609. The fourth-order valence-electron chi connectivity index (χ4n) is 4.45. The predicted molar refractivity (Wildman–Crippen MR) is 152 cm³/mol. The Kier molecular flexibility index (Phi) is 9.97. The fourth-order valence-corrected chi connectivity index (χ4v) is 4.45. The van der Waals surface area contributed by atoms with Crippen molar-refractivity contribution < 1.29 is 23.8 Å². The Balaban J connectivity index is 1.55. The number of nitrogens with one attached hydrogen (secondary N) is 1. The van der Waals surface area contributed by atoms with Gasteiger partial charge >= 0.3 is 5.97 Å². The number of carbonyl (C=O) groups excluding carboxylic acids is 2. The summed E-state index contributed by atoms with van der Waals surface area (Å²) in [5.74, 6) is -1.21. The molecule has 1 heterocycles. The molecular formula is C31H35N3O5. The number of rotatable bonds is 13. The van der Waals surface area contributed by atoms with Gasteiger partial charge in [0.1, 0.15) is 5.92 Å². The zero-order chi connectivity index (χ0) is 27.6. The molecule has 4 rings (SSSR count). The highest BCUT2D eigenvalue weighted by atomic mass is 16.5. The number of amides is 1. The number of methoxy groups -OCH3 is 1. The third-order valence-electron chi connectivity index (χ3n) is 6.43. The molecule has 1 amide bonds. The fraction of sp³-hybridized carbons (Fsp3) is 0.323. The number of hydrogen-bond acceptors (Lipinski definition) is 7. The lowest BCUT2D eigenvalue weighted by Crippen LogP contribution is -2.23. The van der Waals surface area contributed by atoms with Gasteiger partial charge in [-0.3, -0.25) is 14.7 Å². The van der Waals surface area contributed by atoms with Crippen molar-refractivity contribution in [2.45, 2.75) is 19.4 Å². The number of carbonyl (C=O) groups is 2. The first kappa shape index (κ1) is 28.2. The van der Waals surface area contributed by atoms with Gasteiger partial charge in [0.05, 0.1) is 43.4 Å². The molecule has 8 heteroatoms. The zero-order valence-electron chi connectivity index (χ0n) is 22.7. The van der Waals surface area contributed by atoms with Crippen LogP contribution < -0.4 is 5.32 Å². The summed E-state index contributed by atoms with van der Waals surface area (Å²) in [5.41, 5.74) is 5.20. The smallest absolute Gasteiger partial charge is 0.338 e. The summed E-state index contributed by atoms with van der Waals surface area (Å²) in [7, 11) is 3.72. The van der Waals surface area contributed by atoms with Crippen LogP contribution in [0.5, 0.6) is 0 Å². The van der Waals surface area contributed by atoms with Crippen LogP contribution in [-0.4, -0.2) is 69.6 Å². The predicted octanol–water partition coefficient (Wildman–Crippen LogP) is 4.81. The number of likely N-dealkylation sites (N-methyl/N-ethyl adjacent to an activating group) is 1. The van der Waals surface area contributed by atoms with Crippen molar-refractivity contribution in [3.63, 3.8) is 0 Å². The first-order valence-electron chi connectivity index (χ1n) is 13.1. The molecule has 1 unspecified atom stereocenters. The van der Waals surface area contributed by atoms with Gasteiger partial charge in [0.2, 0.25) is 5.91 Å². The average molecular weight is 530 g/mol. The molecule has 1 atom stereocenters. The van der Waals surface area contributed by atoms with E-state index in [0.717, 1.165) is 35.5 Å². The Morgan fingerprint density at radius 2 is 1.74 bits per heavy atom. The Hall–Kier alpha value is -3.85. The quantitative estimate of drug-likeness (QED) is 0.194. The van der Waals surface area contributed by atoms with Gasteiger partial charge in [-0.25, -0.2) is 4.79 Å². The molecule has 204 valence electrons. The van der Waals surface area contributed by atoms with Crippen LogP contribution in [0.1, 0.15) is 39.9 Å². The Bertz CT molecular complexity index is 1290. The highest BCUT2D eigenvalue weighted by Gasteiger charge is 2.36. The van der Waals surface area contributed by atoms with Crippen LogP contribution in [0.2, 0.25) is 0 Å². The number of ether oxygens (including phenoxy) is 3. The molecule has 0 aliphatic carbocycles. The maximum Gasteiger partial charge on any atom is 0.338 e. The van der Waals surface area contributed by atoms with E-state index in [0.29, 0.717) is 36.8 Å². The number of fused-ring (bicyclic) bond motifs is 1. The topological polar surface area (TPSA) is 89.5 Å². The van der Waals surface area contributed by atoms with E-state index < -0.39 is 11.9 Å². The molecule has 0 saturated carbocycles. The molecule has 0 aromatic heterocycles.